The molecule has 3 aromatic heterocycles. The van der Waals surface area contributed by atoms with Crippen molar-refractivity contribution in [3.63, 3.8) is 0 Å². The molecule has 1 aliphatic heterocycles. The average Bonchev–Trinajstić information content (AvgIpc) is 3.18. The second-order valence-corrected chi connectivity index (χ2v) is 6.93. The van der Waals surface area contributed by atoms with Crippen LogP contribution in [0, 0.1) is 0 Å². The van der Waals surface area contributed by atoms with Gasteiger partial charge in [-0.05, 0) is 36.6 Å². The van der Waals surface area contributed by atoms with Gasteiger partial charge in [0.25, 0.3) is 0 Å². The molecule has 0 aliphatic carbocycles. The zero-order valence-electron chi connectivity index (χ0n) is 15.2. The SMILES string of the molecule is O=C(Cc1cccnc1)N1CCC(c2nccn2Cc2ccccn2)CC1. The predicted octanol–water partition coefficient (Wildman–Crippen LogP) is 2.67. The molecule has 0 bridgehead atoms. The van der Waals surface area contributed by atoms with Gasteiger partial charge < -0.3 is 9.47 Å². The number of hydrogen-bond acceptors (Lipinski definition) is 4. The molecule has 0 radical (unpaired) electrons. The maximum atomic E-state index is 12.5. The summed E-state index contributed by atoms with van der Waals surface area (Å²) < 4.78 is 2.18. The average molecular weight is 361 g/mol. The van der Waals surface area contributed by atoms with Crippen molar-refractivity contribution in [3.05, 3.63) is 78.4 Å². The fraction of sp³-hybridized carbons (Fsp3) is 0.333. The first kappa shape index (κ1) is 17.4. The molecular weight excluding hydrogens is 338 g/mol. The van der Waals surface area contributed by atoms with E-state index in [4.69, 9.17) is 0 Å². The Bertz CT molecular complexity index is 870. The molecule has 1 saturated heterocycles. The number of pyridine rings is 2. The van der Waals surface area contributed by atoms with E-state index < -0.39 is 0 Å². The van der Waals surface area contributed by atoms with Crippen LogP contribution in [0.4, 0.5) is 0 Å². The van der Waals surface area contributed by atoms with Gasteiger partial charge in [-0.15, -0.1) is 0 Å². The Balaban J connectivity index is 1.36. The number of rotatable bonds is 5. The number of hydrogen-bond donors (Lipinski definition) is 0. The minimum atomic E-state index is 0.179. The summed E-state index contributed by atoms with van der Waals surface area (Å²) in [6.07, 6.45) is 11.5. The topological polar surface area (TPSA) is 63.9 Å². The van der Waals surface area contributed by atoms with Crippen molar-refractivity contribution in [2.45, 2.75) is 31.7 Å². The predicted molar refractivity (Wildman–Crippen MR) is 102 cm³/mol. The molecule has 4 rings (SSSR count). The molecule has 4 heterocycles. The van der Waals surface area contributed by atoms with Crippen molar-refractivity contribution in [2.24, 2.45) is 0 Å². The molecule has 1 aliphatic rings. The first-order valence-electron chi connectivity index (χ1n) is 9.37. The quantitative estimate of drug-likeness (QED) is 0.701. The highest BCUT2D eigenvalue weighted by Gasteiger charge is 2.26. The van der Waals surface area contributed by atoms with Crippen molar-refractivity contribution < 1.29 is 4.79 Å². The van der Waals surface area contributed by atoms with E-state index in [0.29, 0.717) is 12.3 Å². The molecule has 0 spiro atoms. The monoisotopic (exact) mass is 361 g/mol. The summed E-state index contributed by atoms with van der Waals surface area (Å²) in [5.74, 6) is 1.66. The molecule has 0 saturated carbocycles. The van der Waals surface area contributed by atoms with Crippen LogP contribution < -0.4 is 0 Å². The summed E-state index contributed by atoms with van der Waals surface area (Å²) in [5.41, 5.74) is 2.00. The lowest BCUT2D eigenvalue weighted by Crippen LogP contribution is -2.39. The highest BCUT2D eigenvalue weighted by Crippen LogP contribution is 2.27. The molecule has 27 heavy (non-hydrogen) atoms. The molecule has 0 aromatic carbocycles. The molecule has 1 fully saturated rings. The highest BCUT2D eigenvalue weighted by atomic mass is 16.2. The lowest BCUT2D eigenvalue weighted by Gasteiger charge is -2.32. The Morgan fingerprint density at radius 2 is 1.93 bits per heavy atom. The van der Waals surface area contributed by atoms with Gasteiger partial charge in [-0.1, -0.05) is 12.1 Å². The molecule has 0 N–H and O–H groups in total. The fourth-order valence-corrected chi connectivity index (χ4v) is 3.66. The van der Waals surface area contributed by atoms with E-state index in [-0.39, 0.29) is 5.91 Å². The summed E-state index contributed by atoms with van der Waals surface area (Å²) in [7, 11) is 0. The molecule has 0 unspecified atom stereocenters. The number of aromatic nitrogens is 4. The Labute approximate surface area is 158 Å². The Kier molecular flexibility index (Phi) is 5.23. The number of nitrogens with zero attached hydrogens (tertiary/aromatic N) is 5. The van der Waals surface area contributed by atoms with Crippen LogP contribution in [-0.4, -0.2) is 43.4 Å². The zero-order valence-corrected chi connectivity index (χ0v) is 15.2. The molecule has 6 nitrogen and oxygen atoms in total. The standard InChI is InChI=1S/C21H23N5O/c27-20(14-17-4-3-8-22-15-17)25-11-6-18(7-12-25)21-24-10-13-26(21)16-19-5-1-2-9-23-19/h1-5,8-10,13,15,18H,6-7,11-12,14,16H2. The van der Waals surface area contributed by atoms with Crippen molar-refractivity contribution in [2.75, 3.05) is 13.1 Å². The third-order valence-corrected chi connectivity index (χ3v) is 5.10. The summed E-state index contributed by atoms with van der Waals surface area (Å²) in [6, 6.07) is 9.79. The summed E-state index contributed by atoms with van der Waals surface area (Å²) >= 11 is 0. The summed E-state index contributed by atoms with van der Waals surface area (Å²) in [6.45, 7) is 2.29. The van der Waals surface area contributed by atoms with Gasteiger partial charge in [-0.25, -0.2) is 4.98 Å². The van der Waals surface area contributed by atoms with Crippen LogP contribution in [0.15, 0.2) is 61.3 Å². The van der Waals surface area contributed by atoms with Crippen LogP contribution in [-0.2, 0) is 17.8 Å². The van der Waals surface area contributed by atoms with Gasteiger partial charge in [0.2, 0.25) is 5.91 Å². The molecule has 3 aromatic rings. The van der Waals surface area contributed by atoms with E-state index >= 15 is 0 Å². The van der Waals surface area contributed by atoms with Gasteiger partial charge in [0.15, 0.2) is 0 Å². The Morgan fingerprint density at radius 1 is 1.04 bits per heavy atom. The minimum Gasteiger partial charge on any atom is -0.342 e. The number of likely N-dealkylation sites (tertiary alicyclic amines) is 1. The zero-order chi connectivity index (χ0) is 18.5. The van der Waals surface area contributed by atoms with E-state index in [1.165, 1.54) is 0 Å². The summed E-state index contributed by atoms with van der Waals surface area (Å²) in [5, 5.41) is 0. The number of carbonyl (C=O) groups is 1. The molecule has 1 amide bonds. The van der Waals surface area contributed by atoms with Crippen LogP contribution >= 0.6 is 0 Å². The van der Waals surface area contributed by atoms with Crippen LogP contribution in [0.3, 0.4) is 0 Å². The maximum Gasteiger partial charge on any atom is 0.227 e. The van der Waals surface area contributed by atoms with E-state index in [1.807, 2.05) is 53.8 Å². The number of amides is 1. The summed E-state index contributed by atoms with van der Waals surface area (Å²) in [4.78, 5) is 27.6. The van der Waals surface area contributed by atoms with Crippen molar-refractivity contribution >= 4 is 5.91 Å². The van der Waals surface area contributed by atoms with Gasteiger partial charge in [0, 0.05) is 50.0 Å². The van der Waals surface area contributed by atoms with Crippen LogP contribution in [0.5, 0.6) is 0 Å². The van der Waals surface area contributed by atoms with Gasteiger partial charge in [0.1, 0.15) is 5.82 Å². The molecule has 138 valence electrons. The Morgan fingerprint density at radius 3 is 2.67 bits per heavy atom. The molecule has 0 atom stereocenters. The van der Waals surface area contributed by atoms with Gasteiger partial charge >= 0.3 is 0 Å². The normalized spacial score (nSPS) is 15.0. The molecular formula is C21H23N5O. The number of carbonyl (C=O) groups excluding carboxylic acids is 1. The third kappa shape index (κ3) is 4.22. The molecule has 6 heteroatoms. The van der Waals surface area contributed by atoms with Crippen LogP contribution in [0.2, 0.25) is 0 Å². The lowest BCUT2D eigenvalue weighted by molar-refractivity contribution is -0.131. The van der Waals surface area contributed by atoms with Gasteiger partial charge in [-0.3, -0.25) is 14.8 Å². The lowest BCUT2D eigenvalue weighted by atomic mass is 9.95. The van der Waals surface area contributed by atoms with Crippen molar-refractivity contribution in [1.29, 1.82) is 0 Å². The van der Waals surface area contributed by atoms with Crippen LogP contribution in [0.25, 0.3) is 0 Å². The second kappa shape index (κ2) is 8.12. The van der Waals surface area contributed by atoms with E-state index in [0.717, 1.165) is 49.6 Å². The highest BCUT2D eigenvalue weighted by molar-refractivity contribution is 5.78. The Hall–Kier alpha value is -3.02. The smallest absolute Gasteiger partial charge is 0.227 e. The van der Waals surface area contributed by atoms with E-state index in [2.05, 4.69) is 19.5 Å². The first-order valence-corrected chi connectivity index (χ1v) is 9.37. The van der Waals surface area contributed by atoms with Gasteiger partial charge in [0.05, 0.1) is 18.7 Å². The van der Waals surface area contributed by atoms with Crippen molar-refractivity contribution in [1.82, 2.24) is 24.4 Å². The second-order valence-electron chi connectivity index (χ2n) is 6.93. The number of piperidine rings is 1. The van der Waals surface area contributed by atoms with Crippen LogP contribution in [0.1, 0.15) is 35.8 Å². The largest absolute Gasteiger partial charge is 0.342 e. The van der Waals surface area contributed by atoms with E-state index in [1.54, 1.807) is 12.4 Å². The minimum absolute atomic E-state index is 0.179. The fourth-order valence-electron chi connectivity index (χ4n) is 3.66. The first-order chi connectivity index (χ1) is 13.3. The van der Waals surface area contributed by atoms with Crippen molar-refractivity contribution in [3.8, 4) is 0 Å². The van der Waals surface area contributed by atoms with Gasteiger partial charge in [-0.2, -0.15) is 0 Å². The maximum absolute atomic E-state index is 12.5. The van der Waals surface area contributed by atoms with E-state index in [9.17, 15) is 4.79 Å². The third-order valence-electron chi connectivity index (χ3n) is 5.10. The number of imidazole rings is 1.